The summed E-state index contributed by atoms with van der Waals surface area (Å²) in [5, 5.41) is 7.22. The molecule has 0 saturated carbocycles. The highest BCUT2D eigenvalue weighted by molar-refractivity contribution is 5.96. The number of nitrogens with zero attached hydrogens (tertiary/aromatic N) is 5. The van der Waals surface area contributed by atoms with Gasteiger partial charge in [-0.3, -0.25) is 9.36 Å². The zero-order chi connectivity index (χ0) is 19.2. The van der Waals surface area contributed by atoms with Gasteiger partial charge in [0.1, 0.15) is 11.3 Å². The summed E-state index contributed by atoms with van der Waals surface area (Å²) in [6.45, 7) is 3.92. The lowest BCUT2D eigenvalue weighted by Crippen LogP contribution is -2.41. The predicted molar refractivity (Wildman–Crippen MR) is 82.6 cm³/mol. The highest BCUT2D eigenvalue weighted by atomic mass is 19.4. The molecule has 1 aliphatic heterocycles. The van der Waals surface area contributed by atoms with Crippen molar-refractivity contribution in [3.8, 4) is 0 Å². The van der Waals surface area contributed by atoms with Crippen LogP contribution in [0.2, 0.25) is 0 Å². The first kappa shape index (κ1) is 18.2. The van der Waals surface area contributed by atoms with Crippen LogP contribution in [0.3, 0.4) is 0 Å². The molecule has 0 aliphatic carbocycles. The third-order valence-corrected chi connectivity index (χ3v) is 4.60. The molecule has 0 N–H and O–H groups in total. The first-order chi connectivity index (χ1) is 12.1. The number of piperidine rings is 1. The van der Waals surface area contributed by atoms with Crippen LogP contribution in [0.15, 0.2) is 9.32 Å². The van der Waals surface area contributed by atoms with E-state index in [2.05, 4.69) is 10.3 Å². The van der Waals surface area contributed by atoms with Crippen LogP contribution >= 0.6 is 0 Å². The normalized spacial score (nSPS) is 16.3. The Bertz CT molecular complexity index is 868. The number of halogens is 3. The third kappa shape index (κ3) is 3.01. The van der Waals surface area contributed by atoms with Gasteiger partial charge in [0.2, 0.25) is 5.82 Å². The highest BCUT2D eigenvalue weighted by Crippen LogP contribution is 2.28. The van der Waals surface area contributed by atoms with Gasteiger partial charge in [-0.15, -0.1) is 5.10 Å². The molecule has 1 amide bonds. The Labute approximate surface area is 146 Å². The van der Waals surface area contributed by atoms with Crippen molar-refractivity contribution in [2.24, 2.45) is 7.05 Å². The van der Waals surface area contributed by atoms with Crippen molar-refractivity contribution >= 4 is 5.91 Å². The van der Waals surface area contributed by atoms with E-state index in [1.165, 1.54) is 0 Å². The summed E-state index contributed by atoms with van der Waals surface area (Å²) in [4.78, 5) is 26.3. The van der Waals surface area contributed by atoms with Gasteiger partial charge in [0.25, 0.3) is 5.91 Å². The van der Waals surface area contributed by atoms with Crippen molar-refractivity contribution in [1.29, 1.82) is 0 Å². The highest BCUT2D eigenvalue weighted by Gasteiger charge is 2.39. The smallest absolute Gasteiger partial charge is 0.361 e. The summed E-state index contributed by atoms with van der Waals surface area (Å²) in [6, 6.07) is -0.487. The van der Waals surface area contributed by atoms with Crippen LogP contribution in [0, 0.1) is 13.8 Å². The minimum Gasteiger partial charge on any atom is -0.361 e. The van der Waals surface area contributed by atoms with Gasteiger partial charge in [0, 0.05) is 20.1 Å². The van der Waals surface area contributed by atoms with Crippen LogP contribution in [0.25, 0.3) is 0 Å². The van der Waals surface area contributed by atoms with Crippen molar-refractivity contribution in [2.75, 3.05) is 13.1 Å². The lowest BCUT2D eigenvalue weighted by molar-refractivity contribution is -0.147. The topological polar surface area (TPSA) is 86.2 Å². The molecule has 3 heterocycles. The van der Waals surface area contributed by atoms with Gasteiger partial charge in [-0.05, 0) is 26.7 Å². The molecule has 0 aromatic carbocycles. The Hall–Kier alpha value is -2.59. The molecule has 0 spiro atoms. The van der Waals surface area contributed by atoms with E-state index in [0.717, 1.165) is 11.7 Å². The fourth-order valence-electron chi connectivity index (χ4n) is 3.20. The summed E-state index contributed by atoms with van der Waals surface area (Å²) in [7, 11) is 1.05. The van der Waals surface area contributed by atoms with Crippen molar-refractivity contribution < 1.29 is 22.5 Å². The van der Waals surface area contributed by atoms with Gasteiger partial charge in [0.15, 0.2) is 0 Å². The van der Waals surface area contributed by atoms with Crippen LogP contribution < -0.4 is 5.69 Å². The zero-order valence-electron chi connectivity index (χ0n) is 14.5. The maximum Gasteiger partial charge on any atom is 0.451 e. The maximum atomic E-state index is 12.9. The fraction of sp³-hybridized carbons (Fsp3) is 0.600. The average molecular weight is 373 g/mol. The minimum atomic E-state index is -4.70. The number of amides is 1. The van der Waals surface area contributed by atoms with Crippen molar-refractivity contribution in [3.05, 3.63) is 33.3 Å². The van der Waals surface area contributed by atoms with E-state index in [1.807, 2.05) is 0 Å². The third-order valence-electron chi connectivity index (χ3n) is 4.60. The first-order valence-electron chi connectivity index (χ1n) is 8.06. The SMILES string of the molecule is Cc1noc(C)c1C(=O)N1CCC(n2nc(C(F)(F)F)n(C)c2=O)CC1. The second kappa shape index (κ2) is 6.29. The molecule has 142 valence electrons. The van der Waals surface area contributed by atoms with Crippen LogP contribution in [-0.2, 0) is 13.2 Å². The molecule has 0 atom stereocenters. The molecular formula is C15H18F3N5O3. The number of alkyl halides is 3. The standard InChI is InChI=1S/C15H18F3N5O3/c1-8-11(9(2)26-20-8)12(24)22-6-4-10(5-7-22)23-14(25)21(3)13(19-23)15(16,17)18/h10H,4-7H2,1-3H3. The monoisotopic (exact) mass is 373 g/mol. The van der Waals surface area contributed by atoms with Gasteiger partial charge in [-0.25, -0.2) is 9.48 Å². The lowest BCUT2D eigenvalue weighted by atomic mass is 10.0. The summed E-state index contributed by atoms with van der Waals surface area (Å²) in [5.41, 5.74) is 0.0797. The number of hydrogen-bond acceptors (Lipinski definition) is 5. The Morgan fingerprint density at radius 2 is 1.85 bits per heavy atom. The first-order valence-corrected chi connectivity index (χ1v) is 8.06. The van der Waals surface area contributed by atoms with Gasteiger partial charge in [0.05, 0.1) is 11.7 Å². The van der Waals surface area contributed by atoms with Crippen LogP contribution in [0.4, 0.5) is 13.2 Å². The number of likely N-dealkylation sites (tertiary alicyclic amines) is 1. The van der Waals surface area contributed by atoms with Crippen LogP contribution in [0.1, 0.15) is 46.5 Å². The molecule has 1 fully saturated rings. The van der Waals surface area contributed by atoms with Crippen molar-refractivity contribution in [2.45, 2.75) is 38.9 Å². The summed E-state index contributed by atoms with van der Waals surface area (Å²) < 4.78 is 45.1. The largest absolute Gasteiger partial charge is 0.451 e. The number of carbonyl (C=O) groups excluding carboxylic acids is 1. The number of hydrogen-bond donors (Lipinski definition) is 0. The number of carbonyl (C=O) groups is 1. The summed E-state index contributed by atoms with van der Waals surface area (Å²) >= 11 is 0. The molecule has 0 radical (unpaired) electrons. The molecule has 3 rings (SSSR count). The van der Waals surface area contributed by atoms with E-state index in [1.54, 1.807) is 18.7 Å². The quantitative estimate of drug-likeness (QED) is 0.800. The number of aromatic nitrogens is 4. The Morgan fingerprint density at radius 3 is 2.31 bits per heavy atom. The average Bonchev–Trinajstić information content (AvgIpc) is 3.07. The van der Waals surface area contributed by atoms with E-state index in [9.17, 15) is 22.8 Å². The van der Waals surface area contributed by atoms with E-state index in [4.69, 9.17) is 4.52 Å². The van der Waals surface area contributed by atoms with Crippen molar-refractivity contribution in [1.82, 2.24) is 24.4 Å². The van der Waals surface area contributed by atoms with Gasteiger partial charge < -0.3 is 9.42 Å². The molecule has 0 bridgehead atoms. The maximum absolute atomic E-state index is 12.9. The summed E-state index contributed by atoms with van der Waals surface area (Å²) in [6.07, 6.45) is -4.02. The van der Waals surface area contributed by atoms with Crippen LogP contribution in [0.5, 0.6) is 0 Å². The molecule has 11 heteroatoms. The lowest BCUT2D eigenvalue weighted by Gasteiger charge is -2.31. The van der Waals surface area contributed by atoms with Gasteiger partial charge in [-0.2, -0.15) is 13.2 Å². The Balaban J connectivity index is 1.75. The van der Waals surface area contributed by atoms with E-state index in [-0.39, 0.29) is 5.91 Å². The Morgan fingerprint density at radius 1 is 1.23 bits per heavy atom. The van der Waals surface area contributed by atoms with E-state index < -0.39 is 23.7 Å². The van der Waals surface area contributed by atoms with Crippen molar-refractivity contribution in [3.63, 3.8) is 0 Å². The van der Waals surface area contributed by atoms with E-state index in [0.29, 0.717) is 47.5 Å². The molecule has 0 unspecified atom stereocenters. The second-order valence-corrected chi connectivity index (χ2v) is 6.33. The number of aryl methyl sites for hydroxylation is 2. The molecule has 26 heavy (non-hydrogen) atoms. The number of rotatable bonds is 2. The van der Waals surface area contributed by atoms with Crippen LogP contribution in [-0.4, -0.2) is 43.4 Å². The predicted octanol–water partition coefficient (Wildman–Crippen LogP) is 1.68. The molecule has 2 aromatic rings. The molecule has 2 aromatic heterocycles. The molecule has 1 saturated heterocycles. The van der Waals surface area contributed by atoms with Gasteiger partial charge >= 0.3 is 11.9 Å². The fourth-order valence-corrected chi connectivity index (χ4v) is 3.20. The van der Waals surface area contributed by atoms with Gasteiger partial charge in [-0.1, -0.05) is 5.16 Å². The Kier molecular flexibility index (Phi) is 4.41. The summed E-state index contributed by atoms with van der Waals surface area (Å²) in [5.74, 6) is -1.04. The zero-order valence-corrected chi connectivity index (χ0v) is 14.5. The molecule has 8 nitrogen and oxygen atoms in total. The second-order valence-electron chi connectivity index (χ2n) is 6.33. The molecular weight excluding hydrogens is 355 g/mol. The minimum absolute atomic E-state index is 0.232. The van der Waals surface area contributed by atoms with E-state index >= 15 is 0 Å². The molecule has 1 aliphatic rings.